The fourth-order valence-corrected chi connectivity index (χ4v) is 3.79. The van der Waals surface area contributed by atoms with Crippen molar-refractivity contribution in [2.75, 3.05) is 49.5 Å². The maximum atomic E-state index is 13.7. The molecular weight excluding hydrogens is 438 g/mol. The van der Waals surface area contributed by atoms with Crippen molar-refractivity contribution in [3.05, 3.63) is 58.6 Å². The van der Waals surface area contributed by atoms with Gasteiger partial charge < -0.3 is 20.4 Å². The van der Waals surface area contributed by atoms with E-state index in [2.05, 4.69) is 27.4 Å². The van der Waals surface area contributed by atoms with E-state index in [-0.39, 0.29) is 24.4 Å². The van der Waals surface area contributed by atoms with E-state index in [0.717, 1.165) is 50.5 Å². The molecule has 0 aliphatic carbocycles. The predicted octanol–water partition coefficient (Wildman–Crippen LogP) is 3.91. The third-order valence-electron chi connectivity index (χ3n) is 5.43. The molecule has 2 N–H and O–H groups in total. The fraction of sp³-hybridized carbons (Fsp3) is 0.391. The Kier molecular flexibility index (Phi) is 8.41. The summed E-state index contributed by atoms with van der Waals surface area (Å²) in [5, 5.41) is 5.99. The number of carbonyl (C=O) groups excluding carboxylic acids is 2. The van der Waals surface area contributed by atoms with Gasteiger partial charge in [-0.25, -0.2) is 8.78 Å². The lowest BCUT2D eigenvalue weighted by Crippen LogP contribution is -2.46. The van der Waals surface area contributed by atoms with Gasteiger partial charge in [-0.05, 0) is 43.3 Å². The Hall–Kier alpha value is -2.71. The van der Waals surface area contributed by atoms with Gasteiger partial charge in [0.25, 0.3) is 5.91 Å². The molecule has 0 atom stereocenters. The molecule has 172 valence electrons. The SMILES string of the molecule is CCN1CCN(c2ccc(Cl)cc2NC(=O)CCCNC(=O)c2ccc(F)cc2F)CC1. The van der Waals surface area contributed by atoms with E-state index in [9.17, 15) is 18.4 Å². The molecule has 1 aliphatic rings. The molecule has 2 amide bonds. The predicted molar refractivity (Wildman–Crippen MR) is 122 cm³/mol. The van der Waals surface area contributed by atoms with E-state index in [0.29, 0.717) is 23.2 Å². The lowest BCUT2D eigenvalue weighted by Gasteiger charge is -2.36. The highest BCUT2D eigenvalue weighted by Gasteiger charge is 2.19. The number of amides is 2. The maximum Gasteiger partial charge on any atom is 0.254 e. The molecule has 1 saturated heterocycles. The summed E-state index contributed by atoms with van der Waals surface area (Å²) in [5.74, 6) is -2.52. The Bertz CT molecular complexity index is 965. The fourth-order valence-electron chi connectivity index (χ4n) is 3.62. The Labute approximate surface area is 191 Å². The Morgan fingerprint density at radius 2 is 1.81 bits per heavy atom. The molecule has 0 aromatic heterocycles. The molecule has 3 rings (SSSR count). The minimum atomic E-state index is -0.923. The van der Waals surface area contributed by atoms with Crippen LogP contribution in [0.15, 0.2) is 36.4 Å². The van der Waals surface area contributed by atoms with Gasteiger partial charge in [0.2, 0.25) is 5.91 Å². The van der Waals surface area contributed by atoms with Gasteiger partial charge in [-0.2, -0.15) is 0 Å². The number of nitrogens with one attached hydrogen (secondary N) is 2. The highest BCUT2D eigenvalue weighted by atomic mass is 35.5. The Balaban J connectivity index is 1.50. The van der Waals surface area contributed by atoms with Crippen molar-refractivity contribution in [1.82, 2.24) is 10.2 Å². The first-order valence-electron chi connectivity index (χ1n) is 10.7. The first-order valence-corrected chi connectivity index (χ1v) is 11.0. The molecule has 32 heavy (non-hydrogen) atoms. The quantitative estimate of drug-likeness (QED) is 0.581. The number of hydrogen-bond acceptors (Lipinski definition) is 4. The lowest BCUT2D eigenvalue weighted by atomic mass is 10.2. The summed E-state index contributed by atoms with van der Waals surface area (Å²) in [5.41, 5.74) is 1.35. The molecule has 0 spiro atoms. The van der Waals surface area contributed by atoms with Crippen LogP contribution in [0.3, 0.4) is 0 Å². The molecule has 0 saturated carbocycles. The largest absolute Gasteiger partial charge is 0.367 e. The number of halogens is 3. The van der Waals surface area contributed by atoms with Crippen LogP contribution >= 0.6 is 11.6 Å². The van der Waals surface area contributed by atoms with Gasteiger partial charge >= 0.3 is 0 Å². The first kappa shape index (κ1) is 23.9. The van der Waals surface area contributed by atoms with Crippen LogP contribution < -0.4 is 15.5 Å². The third kappa shape index (κ3) is 6.40. The normalized spacial score (nSPS) is 14.3. The van der Waals surface area contributed by atoms with Crippen molar-refractivity contribution in [2.45, 2.75) is 19.8 Å². The summed E-state index contributed by atoms with van der Waals surface area (Å²) in [4.78, 5) is 29.1. The van der Waals surface area contributed by atoms with Crippen LogP contribution in [0.2, 0.25) is 5.02 Å². The topological polar surface area (TPSA) is 64.7 Å². The van der Waals surface area contributed by atoms with Crippen molar-refractivity contribution in [3.8, 4) is 0 Å². The molecule has 2 aromatic carbocycles. The van der Waals surface area contributed by atoms with Crippen molar-refractivity contribution >= 4 is 34.8 Å². The summed E-state index contributed by atoms with van der Waals surface area (Å²) in [6.07, 6.45) is 0.535. The summed E-state index contributed by atoms with van der Waals surface area (Å²) < 4.78 is 26.6. The summed E-state index contributed by atoms with van der Waals surface area (Å²) in [6, 6.07) is 8.23. The van der Waals surface area contributed by atoms with E-state index in [1.165, 1.54) is 0 Å². The number of hydrogen-bond donors (Lipinski definition) is 2. The average molecular weight is 465 g/mol. The number of benzene rings is 2. The van der Waals surface area contributed by atoms with Gasteiger partial charge in [-0.3, -0.25) is 9.59 Å². The van der Waals surface area contributed by atoms with Crippen molar-refractivity contribution in [1.29, 1.82) is 0 Å². The zero-order valence-corrected chi connectivity index (χ0v) is 18.7. The van der Waals surface area contributed by atoms with E-state index in [1.807, 2.05) is 12.1 Å². The Morgan fingerprint density at radius 3 is 2.50 bits per heavy atom. The molecule has 0 bridgehead atoms. The molecule has 2 aromatic rings. The monoisotopic (exact) mass is 464 g/mol. The van der Waals surface area contributed by atoms with Crippen molar-refractivity contribution < 1.29 is 18.4 Å². The van der Waals surface area contributed by atoms with Crippen molar-refractivity contribution in [3.63, 3.8) is 0 Å². The third-order valence-corrected chi connectivity index (χ3v) is 5.67. The second kappa shape index (κ2) is 11.2. The highest BCUT2D eigenvalue weighted by Crippen LogP contribution is 2.30. The Morgan fingerprint density at radius 1 is 1.06 bits per heavy atom. The molecule has 0 radical (unpaired) electrons. The molecule has 6 nitrogen and oxygen atoms in total. The lowest BCUT2D eigenvalue weighted by molar-refractivity contribution is -0.116. The minimum absolute atomic E-state index is 0.168. The number of anilines is 2. The first-order chi connectivity index (χ1) is 15.4. The number of carbonyl (C=O) groups is 2. The van der Waals surface area contributed by atoms with Crippen LogP contribution in [0.4, 0.5) is 20.2 Å². The van der Waals surface area contributed by atoms with E-state index < -0.39 is 17.5 Å². The minimum Gasteiger partial charge on any atom is -0.367 e. The molecular formula is C23H27ClF2N4O2. The molecule has 1 aliphatic heterocycles. The number of rotatable bonds is 8. The van der Waals surface area contributed by atoms with Gasteiger partial charge in [-0.1, -0.05) is 18.5 Å². The molecule has 9 heteroatoms. The number of piperazine rings is 1. The second-order valence-electron chi connectivity index (χ2n) is 7.61. The van der Waals surface area contributed by atoms with E-state index in [1.54, 1.807) is 6.07 Å². The van der Waals surface area contributed by atoms with Gasteiger partial charge in [0.1, 0.15) is 11.6 Å². The van der Waals surface area contributed by atoms with Crippen LogP contribution in [-0.2, 0) is 4.79 Å². The van der Waals surface area contributed by atoms with Gasteiger partial charge in [0, 0.05) is 50.2 Å². The summed E-state index contributed by atoms with van der Waals surface area (Å²) in [7, 11) is 0. The van der Waals surface area contributed by atoms with Gasteiger partial charge in [0.15, 0.2) is 0 Å². The van der Waals surface area contributed by atoms with Crippen LogP contribution in [0.1, 0.15) is 30.1 Å². The summed E-state index contributed by atoms with van der Waals surface area (Å²) >= 11 is 6.15. The van der Waals surface area contributed by atoms with Crippen LogP contribution in [0, 0.1) is 11.6 Å². The average Bonchev–Trinajstić information content (AvgIpc) is 2.77. The van der Waals surface area contributed by atoms with Crippen molar-refractivity contribution in [2.24, 2.45) is 0 Å². The van der Waals surface area contributed by atoms with E-state index in [4.69, 9.17) is 11.6 Å². The number of likely N-dealkylation sites (N-methyl/N-ethyl adjacent to an activating group) is 1. The maximum absolute atomic E-state index is 13.7. The zero-order chi connectivity index (χ0) is 23.1. The smallest absolute Gasteiger partial charge is 0.254 e. The molecule has 1 fully saturated rings. The van der Waals surface area contributed by atoms with Crippen LogP contribution in [0.5, 0.6) is 0 Å². The summed E-state index contributed by atoms with van der Waals surface area (Å²) in [6.45, 7) is 6.99. The van der Waals surface area contributed by atoms with Gasteiger partial charge in [0.05, 0.1) is 16.9 Å². The molecule has 1 heterocycles. The van der Waals surface area contributed by atoms with Gasteiger partial charge in [-0.15, -0.1) is 0 Å². The van der Waals surface area contributed by atoms with Crippen LogP contribution in [0.25, 0.3) is 0 Å². The highest BCUT2D eigenvalue weighted by molar-refractivity contribution is 6.31. The van der Waals surface area contributed by atoms with Crippen LogP contribution in [-0.4, -0.2) is 56.0 Å². The zero-order valence-electron chi connectivity index (χ0n) is 18.0. The number of nitrogens with zero attached hydrogens (tertiary/aromatic N) is 2. The standard InChI is InChI=1S/C23H27ClF2N4O2/c1-2-29-10-12-30(13-11-29)21-8-5-16(24)14-20(21)28-22(31)4-3-9-27-23(32)18-7-6-17(25)15-19(18)26/h5-8,14-15H,2-4,9-13H2,1H3,(H,27,32)(H,28,31). The second-order valence-corrected chi connectivity index (χ2v) is 8.05. The molecule has 0 unspecified atom stereocenters. The van der Waals surface area contributed by atoms with E-state index >= 15 is 0 Å².